The van der Waals surface area contributed by atoms with Gasteiger partial charge in [0.25, 0.3) is 0 Å². The van der Waals surface area contributed by atoms with E-state index in [1.54, 1.807) is 0 Å². The molecule has 1 aromatic carbocycles. The number of aliphatic imine (C=N–C) groups is 1. The molecule has 1 aliphatic carbocycles. The van der Waals surface area contributed by atoms with Crippen molar-refractivity contribution in [2.24, 2.45) is 4.99 Å². The Morgan fingerprint density at radius 1 is 1.20 bits per heavy atom. The minimum absolute atomic E-state index is 0.824. The molecule has 0 unspecified atom stereocenters. The maximum absolute atomic E-state index is 4.56. The summed E-state index contributed by atoms with van der Waals surface area (Å²) in [4.78, 5) is 5.27. The van der Waals surface area contributed by atoms with E-state index in [0.29, 0.717) is 0 Å². The molecule has 1 fully saturated rings. The van der Waals surface area contributed by atoms with E-state index in [-0.39, 0.29) is 0 Å². The number of benzene rings is 1. The molecule has 0 amide bonds. The Bertz CT molecular complexity index is 360. The molecule has 3 heteroatoms. The van der Waals surface area contributed by atoms with Crippen LogP contribution < -0.4 is 0 Å². The highest BCUT2D eigenvalue weighted by Gasteiger charge is 2.15. The Morgan fingerprint density at radius 3 is 2.47 bits per heavy atom. The number of isothiocyanates is 1. The molecule has 1 aliphatic rings. The molecule has 0 N–H and O–H groups in total. The van der Waals surface area contributed by atoms with Gasteiger partial charge in [-0.05, 0) is 49.3 Å². The highest BCUT2D eigenvalue weighted by Crippen LogP contribution is 2.35. The highest BCUT2D eigenvalue weighted by atomic mass is 32.2. The second kappa shape index (κ2) is 5.45. The molecule has 0 aliphatic heterocycles. The van der Waals surface area contributed by atoms with Gasteiger partial charge in [0.2, 0.25) is 0 Å². The maximum Gasteiger partial charge on any atom is 0.0740 e. The number of nitrogens with zero attached hydrogens (tertiary/aromatic N) is 1. The number of thioether (sulfide) groups is 1. The molecule has 0 bridgehead atoms. The Balaban J connectivity index is 1.99. The summed E-state index contributed by atoms with van der Waals surface area (Å²) in [7, 11) is 0. The van der Waals surface area contributed by atoms with Crippen molar-refractivity contribution in [2.45, 2.75) is 35.8 Å². The second-order valence-corrected chi connectivity index (χ2v) is 5.28. The highest BCUT2D eigenvalue weighted by molar-refractivity contribution is 8.00. The molecule has 0 aromatic heterocycles. The molecule has 1 nitrogen and oxygen atoms in total. The van der Waals surface area contributed by atoms with Crippen molar-refractivity contribution in [3.63, 3.8) is 0 Å². The van der Waals surface area contributed by atoms with Gasteiger partial charge in [0, 0.05) is 10.1 Å². The average molecular weight is 235 g/mol. The van der Waals surface area contributed by atoms with E-state index in [4.69, 9.17) is 0 Å². The molecule has 1 aromatic rings. The van der Waals surface area contributed by atoms with Crippen molar-refractivity contribution in [3.05, 3.63) is 24.3 Å². The lowest BCUT2D eigenvalue weighted by Gasteiger charge is -2.07. The molecule has 0 heterocycles. The van der Waals surface area contributed by atoms with Crippen LogP contribution in [0, 0.1) is 0 Å². The third-order valence-corrected chi connectivity index (χ3v) is 4.06. The van der Waals surface area contributed by atoms with Gasteiger partial charge >= 0.3 is 0 Å². The van der Waals surface area contributed by atoms with Gasteiger partial charge in [-0.2, -0.15) is 4.99 Å². The van der Waals surface area contributed by atoms with Crippen LogP contribution in [0.3, 0.4) is 0 Å². The third kappa shape index (κ3) is 3.16. The van der Waals surface area contributed by atoms with Crippen LogP contribution in [0.5, 0.6) is 0 Å². The molecule has 0 saturated heterocycles. The fraction of sp³-hybridized carbons (Fsp3) is 0.417. The number of thiocarbonyl (C=S) groups is 1. The normalized spacial score (nSPS) is 16.3. The van der Waals surface area contributed by atoms with Crippen LogP contribution in [-0.4, -0.2) is 10.4 Å². The van der Waals surface area contributed by atoms with Crippen LogP contribution in [0.1, 0.15) is 25.7 Å². The topological polar surface area (TPSA) is 12.4 Å². The van der Waals surface area contributed by atoms with Gasteiger partial charge in [-0.15, -0.1) is 11.8 Å². The third-order valence-electron chi connectivity index (χ3n) is 2.62. The van der Waals surface area contributed by atoms with E-state index in [2.05, 4.69) is 34.5 Å². The van der Waals surface area contributed by atoms with E-state index in [9.17, 15) is 0 Å². The lowest BCUT2D eigenvalue weighted by Crippen LogP contribution is -1.92. The molecule has 1 saturated carbocycles. The average Bonchev–Trinajstić information content (AvgIpc) is 2.74. The second-order valence-electron chi connectivity index (χ2n) is 3.72. The number of hydrogen-bond donors (Lipinski definition) is 0. The minimum atomic E-state index is 0.824. The molecule has 2 rings (SSSR count). The lowest BCUT2D eigenvalue weighted by molar-refractivity contribution is 0.886. The van der Waals surface area contributed by atoms with E-state index in [1.807, 2.05) is 23.9 Å². The molecule has 78 valence electrons. The molecular formula is C12H13NS2. The first-order valence-electron chi connectivity index (χ1n) is 5.23. The van der Waals surface area contributed by atoms with Gasteiger partial charge in [-0.25, -0.2) is 0 Å². The smallest absolute Gasteiger partial charge is 0.0740 e. The Labute approximate surface area is 100.0 Å². The van der Waals surface area contributed by atoms with Crippen LogP contribution in [-0.2, 0) is 0 Å². The Morgan fingerprint density at radius 2 is 1.87 bits per heavy atom. The molecule has 0 atom stereocenters. The van der Waals surface area contributed by atoms with Gasteiger partial charge in [-0.3, -0.25) is 0 Å². The van der Waals surface area contributed by atoms with Gasteiger partial charge < -0.3 is 0 Å². The summed E-state index contributed by atoms with van der Waals surface area (Å²) >= 11 is 6.55. The SMILES string of the molecule is S=C=Nc1ccc(SC2CCCC2)cc1. The van der Waals surface area contributed by atoms with E-state index in [0.717, 1.165) is 10.9 Å². The quantitative estimate of drug-likeness (QED) is 0.566. The van der Waals surface area contributed by atoms with Crippen molar-refractivity contribution in [1.82, 2.24) is 0 Å². The molecular weight excluding hydrogens is 222 g/mol. The summed E-state index contributed by atoms with van der Waals surface area (Å²) in [5.41, 5.74) is 0.890. The number of hydrogen-bond acceptors (Lipinski definition) is 3. The zero-order valence-corrected chi connectivity index (χ0v) is 10.1. The zero-order chi connectivity index (χ0) is 10.5. The molecule has 0 spiro atoms. The summed E-state index contributed by atoms with van der Waals surface area (Å²) in [5.74, 6) is 0. The summed E-state index contributed by atoms with van der Waals surface area (Å²) in [6, 6.07) is 8.23. The van der Waals surface area contributed by atoms with Crippen molar-refractivity contribution in [3.8, 4) is 0 Å². The predicted molar refractivity (Wildman–Crippen MR) is 69.2 cm³/mol. The van der Waals surface area contributed by atoms with Crippen LogP contribution >= 0.6 is 24.0 Å². The lowest BCUT2D eigenvalue weighted by atomic mass is 10.3. The van der Waals surface area contributed by atoms with Crippen LogP contribution in [0.2, 0.25) is 0 Å². The van der Waals surface area contributed by atoms with E-state index in [1.165, 1.54) is 30.6 Å². The summed E-state index contributed by atoms with van der Waals surface area (Å²) in [6.45, 7) is 0. The van der Waals surface area contributed by atoms with E-state index < -0.39 is 0 Å². The van der Waals surface area contributed by atoms with Gasteiger partial charge in [0.1, 0.15) is 0 Å². The minimum Gasteiger partial charge on any atom is -0.195 e. The Kier molecular flexibility index (Phi) is 3.95. The summed E-state index contributed by atoms with van der Waals surface area (Å²) in [5, 5.41) is 3.20. The largest absolute Gasteiger partial charge is 0.195 e. The molecule has 15 heavy (non-hydrogen) atoms. The van der Waals surface area contributed by atoms with Crippen molar-refractivity contribution >= 4 is 34.8 Å². The van der Waals surface area contributed by atoms with Crippen LogP contribution in [0.15, 0.2) is 34.2 Å². The predicted octanol–water partition coefficient (Wildman–Crippen LogP) is 4.46. The van der Waals surface area contributed by atoms with Crippen molar-refractivity contribution in [1.29, 1.82) is 0 Å². The van der Waals surface area contributed by atoms with Gasteiger partial charge in [0.05, 0.1) is 10.8 Å². The molecule has 0 radical (unpaired) electrons. The first-order chi connectivity index (χ1) is 7.38. The van der Waals surface area contributed by atoms with E-state index >= 15 is 0 Å². The van der Waals surface area contributed by atoms with Crippen LogP contribution in [0.25, 0.3) is 0 Å². The fourth-order valence-electron chi connectivity index (χ4n) is 1.85. The number of rotatable bonds is 3. The Hall–Kier alpha value is -0.630. The zero-order valence-electron chi connectivity index (χ0n) is 8.48. The summed E-state index contributed by atoms with van der Waals surface area (Å²) in [6.07, 6.45) is 5.52. The first kappa shape index (κ1) is 10.9. The van der Waals surface area contributed by atoms with Crippen LogP contribution in [0.4, 0.5) is 5.69 Å². The van der Waals surface area contributed by atoms with Gasteiger partial charge in [0.15, 0.2) is 0 Å². The van der Waals surface area contributed by atoms with Crippen molar-refractivity contribution in [2.75, 3.05) is 0 Å². The fourth-order valence-corrected chi connectivity index (χ4v) is 3.20. The first-order valence-corrected chi connectivity index (χ1v) is 6.52. The standard InChI is InChI=1S/C12H13NS2/c14-9-13-10-5-7-12(8-6-10)15-11-3-1-2-4-11/h5-8,11H,1-4H2. The summed E-state index contributed by atoms with van der Waals surface area (Å²) < 4.78 is 0. The monoisotopic (exact) mass is 235 g/mol. The van der Waals surface area contributed by atoms with Crippen molar-refractivity contribution < 1.29 is 0 Å². The maximum atomic E-state index is 4.56. The van der Waals surface area contributed by atoms with Gasteiger partial charge in [-0.1, -0.05) is 12.8 Å².